The summed E-state index contributed by atoms with van der Waals surface area (Å²) in [6.07, 6.45) is 3.92. The van der Waals surface area contributed by atoms with Crippen LogP contribution >= 0.6 is 0 Å². The van der Waals surface area contributed by atoms with E-state index < -0.39 is 0 Å². The van der Waals surface area contributed by atoms with Gasteiger partial charge in [0.15, 0.2) is 12.1 Å². The summed E-state index contributed by atoms with van der Waals surface area (Å²) in [5.41, 5.74) is 1.47. The lowest BCUT2D eigenvalue weighted by Crippen LogP contribution is -1.98. The lowest BCUT2D eigenvalue weighted by atomic mass is 10.4. The predicted molar refractivity (Wildman–Crippen MR) is 51.5 cm³/mol. The lowest BCUT2D eigenvalue weighted by Gasteiger charge is -1.99. The lowest BCUT2D eigenvalue weighted by molar-refractivity contribution is 0.112. The van der Waals surface area contributed by atoms with Crippen LogP contribution in [0, 0.1) is 6.92 Å². The van der Waals surface area contributed by atoms with Gasteiger partial charge in [-0.1, -0.05) is 6.07 Å². The van der Waals surface area contributed by atoms with Crippen molar-refractivity contribution in [1.82, 2.24) is 14.8 Å². The van der Waals surface area contributed by atoms with Crippen LogP contribution in [0.1, 0.15) is 16.1 Å². The van der Waals surface area contributed by atoms with Crippen molar-refractivity contribution in [3.05, 3.63) is 41.9 Å². The van der Waals surface area contributed by atoms with E-state index in [1.807, 2.05) is 25.1 Å². The quantitative estimate of drug-likeness (QED) is 0.667. The minimum Gasteiger partial charge on any atom is -0.298 e. The molecule has 2 aromatic heterocycles. The number of aldehydes is 1. The fraction of sp³-hybridized carbons (Fsp3) is 0.100. The number of rotatable bonds is 2. The molecule has 0 N–H and O–H groups in total. The monoisotopic (exact) mass is 187 g/mol. The first kappa shape index (κ1) is 8.62. The molecule has 0 saturated carbocycles. The highest BCUT2D eigenvalue weighted by Crippen LogP contribution is 2.04. The SMILES string of the molecule is Cc1cccc(-n2cc(C=O)cn2)n1. The van der Waals surface area contributed by atoms with Crippen molar-refractivity contribution >= 4 is 6.29 Å². The second-order valence-electron chi connectivity index (χ2n) is 2.97. The number of nitrogens with zero attached hydrogens (tertiary/aromatic N) is 3. The standard InChI is InChI=1S/C10H9N3O/c1-8-3-2-4-10(12-8)13-6-9(7-14)5-11-13/h2-7H,1H3. The molecule has 0 unspecified atom stereocenters. The Hall–Kier alpha value is -1.97. The van der Waals surface area contributed by atoms with Gasteiger partial charge in [-0.3, -0.25) is 4.79 Å². The van der Waals surface area contributed by atoms with Gasteiger partial charge in [-0.25, -0.2) is 9.67 Å². The van der Waals surface area contributed by atoms with Crippen molar-refractivity contribution in [2.45, 2.75) is 6.92 Å². The summed E-state index contributed by atoms with van der Waals surface area (Å²) in [7, 11) is 0. The molecule has 14 heavy (non-hydrogen) atoms. The van der Waals surface area contributed by atoms with Gasteiger partial charge in [0.25, 0.3) is 0 Å². The third-order valence-electron chi connectivity index (χ3n) is 1.85. The summed E-state index contributed by atoms with van der Waals surface area (Å²) in [5.74, 6) is 0.720. The van der Waals surface area contributed by atoms with Crippen LogP contribution in [0.15, 0.2) is 30.6 Å². The second kappa shape index (κ2) is 3.41. The van der Waals surface area contributed by atoms with E-state index in [0.717, 1.165) is 17.8 Å². The van der Waals surface area contributed by atoms with Gasteiger partial charge in [0.05, 0.1) is 11.8 Å². The number of carbonyl (C=O) groups excluding carboxylic acids is 1. The molecule has 2 rings (SSSR count). The fourth-order valence-electron chi connectivity index (χ4n) is 1.18. The fourth-order valence-corrected chi connectivity index (χ4v) is 1.18. The van der Waals surface area contributed by atoms with Crippen molar-refractivity contribution in [2.24, 2.45) is 0 Å². The molecule has 4 nitrogen and oxygen atoms in total. The molecule has 0 aromatic carbocycles. The van der Waals surface area contributed by atoms with E-state index in [4.69, 9.17) is 0 Å². The molecular weight excluding hydrogens is 178 g/mol. The summed E-state index contributed by atoms with van der Waals surface area (Å²) in [4.78, 5) is 14.7. The van der Waals surface area contributed by atoms with Crippen molar-refractivity contribution in [2.75, 3.05) is 0 Å². The number of aryl methyl sites for hydroxylation is 1. The number of carbonyl (C=O) groups is 1. The van der Waals surface area contributed by atoms with E-state index in [1.165, 1.54) is 6.20 Å². The van der Waals surface area contributed by atoms with Crippen LogP contribution in [0.3, 0.4) is 0 Å². The van der Waals surface area contributed by atoms with Crippen molar-refractivity contribution in [1.29, 1.82) is 0 Å². The average molecular weight is 187 g/mol. The molecule has 0 atom stereocenters. The van der Waals surface area contributed by atoms with Gasteiger partial charge < -0.3 is 0 Å². The first-order valence-electron chi connectivity index (χ1n) is 4.23. The highest BCUT2D eigenvalue weighted by molar-refractivity contribution is 5.73. The highest BCUT2D eigenvalue weighted by Gasteiger charge is 2.00. The largest absolute Gasteiger partial charge is 0.298 e. The molecule has 2 aromatic rings. The zero-order valence-corrected chi connectivity index (χ0v) is 7.71. The summed E-state index contributed by atoms with van der Waals surface area (Å²) >= 11 is 0. The molecule has 0 aliphatic rings. The Balaban J connectivity index is 2.43. The summed E-state index contributed by atoms with van der Waals surface area (Å²) in [6.45, 7) is 1.91. The number of pyridine rings is 1. The van der Waals surface area contributed by atoms with E-state index in [1.54, 1.807) is 10.9 Å². The zero-order chi connectivity index (χ0) is 9.97. The maximum Gasteiger partial charge on any atom is 0.153 e. The van der Waals surface area contributed by atoms with Crippen LogP contribution < -0.4 is 0 Å². The number of hydrogen-bond acceptors (Lipinski definition) is 3. The van der Waals surface area contributed by atoms with E-state index in [9.17, 15) is 4.79 Å². The third kappa shape index (κ3) is 1.54. The van der Waals surface area contributed by atoms with Crippen molar-refractivity contribution < 1.29 is 4.79 Å². The van der Waals surface area contributed by atoms with Crippen LogP contribution in [0.2, 0.25) is 0 Å². The summed E-state index contributed by atoms with van der Waals surface area (Å²) < 4.78 is 1.58. The highest BCUT2D eigenvalue weighted by atomic mass is 16.1. The molecule has 4 heteroatoms. The molecule has 70 valence electrons. The Bertz CT molecular complexity index is 462. The van der Waals surface area contributed by atoms with Crippen LogP contribution in [0.5, 0.6) is 0 Å². The van der Waals surface area contributed by atoms with Crippen LogP contribution in [-0.4, -0.2) is 21.1 Å². The third-order valence-corrected chi connectivity index (χ3v) is 1.85. The summed E-state index contributed by atoms with van der Waals surface area (Å²) in [5, 5.41) is 4.02. The predicted octanol–water partition coefficient (Wildman–Crippen LogP) is 1.39. The van der Waals surface area contributed by atoms with Gasteiger partial charge in [-0.15, -0.1) is 0 Å². The zero-order valence-electron chi connectivity index (χ0n) is 7.71. The molecule has 2 heterocycles. The minimum atomic E-state index is 0.549. The van der Waals surface area contributed by atoms with Gasteiger partial charge in [0.2, 0.25) is 0 Å². The molecule has 0 aliphatic carbocycles. The van der Waals surface area contributed by atoms with Crippen LogP contribution in [0.4, 0.5) is 0 Å². The smallest absolute Gasteiger partial charge is 0.153 e. The molecule has 0 fully saturated rings. The molecule has 0 bridgehead atoms. The first-order chi connectivity index (χ1) is 6.79. The van der Waals surface area contributed by atoms with Gasteiger partial charge in [-0.2, -0.15) is 5.10 Å². The van der Waals surface area contributed by atoms with Gasteiger partial charge in [-0.05, 0) is 19.1 Å². The van der Waals surface area contributed by atoms with Crippen LogP contribution in [-0.2, 0) is 0 Å². The Kier molecular flexibility index (Phi) is 2.10. The maximum absolute atomic E-state index is 10.4. The maximum atomic E-state index is 10.4. The Morgan fingerprint density at radius 1 is 1.43 bits per heavy atom. The van der Waals surface area contributed by atoms with Crippen molar-refractivity contribution in [3.8, 4) is 5.82 Å². The first-order valence-corrected chi connectivity index (χ1v) is 4.23. The molecule has 0 amide bonds. The van der Waals surface area contributed by atoms with Crippen molar-refractivity contribution in [3.63, 3.8) is 0 Å². The van der Waals surface area contributed by atoms with Gasteiger partial charge in [0.1, 0.15) is 0 Å². The molecular formula is C10H9N3O. The van der Waals surface area contributed by atoms with Gasteiger partial charge in [0, 0.05) is 11.9 Å². The van der Waals surface area contributed by atoms with Crippen LogP contribution in [0.25, 0.3) is 5.82 Å². The summed E-state index contributed by atoms with van der Waals surface area (Å²) in [6, 6.07) is 5.65. The van der Waals surface area contributed by atoms with E-state index in [0.29, 0.717) is 5.56 Å². The number of hydrogen-bond donors (Lipinski definition) is 0. The topological polar surface area (TPSA) is 47.8 Å². The molecule has 0 spiro atoms. The van der Waals surface area contributed by atoms with E-state index in [-0.39, 0.29) is 0 Å². The Morgan fingerprint density at radius 3 is 2.93 bits per heavy atom. The molecule has 0 aliphatic heterocycles. The molecule has 0 saturated heterocycles. The second-order valence-corrected chi connectivity index (χ2v) is 2.97. The van der Waals surface area contributed by atoms with Gasteiger partial charge >= 0.3 is 0 Å². The normalized spacial score (nSPS) is 10.1. The Morgan fingerprint density at radius 2 is 2.29 bits per heavy atom. The Labute approximate surface area is 81.2 Å². The minimum absolute atomic E-state index is 0.549. The van der Waals surface area contributed by atoms with E-state index >= 15 is 0 Å². The average Bonchev–Trinajstić information content (AvgIpc) is 2.66. The molecule has 0 radical (unpaired) electrons. The van der Waals surface area contributed by atoms with E-state index in [2.05, 4.69) is 10.1 Å². The number of aromatic nitrogens is 3.